The van der Waals surface area contributed by atoms with E-state index in [0.29, 0.717) is 0 Å². The molecule has 0 saturated heterocycles. The maximum atomic E-state index is 6.49. The number of nitrogens with zero attached hydrogens (tertiary/aromatic N) is 3. The summed E-state index contributed by atoms with van der Waals surface area (Å²) in [6.07, 6.45) is 0. The van der Waals surface area contributed by atoms with Crippen molar-refractivity contribution in [3.8, 4) is 66.8 Å². The summed E-state index contributed by atoms with van der Waals surface area (Å²) in [5.41, 5.74) is 33.8. The smallest absolute Gasteiger partial charge is 0.143 e. The van der Waals surface area contributed by atoms with Crippen molar-refractivity contribution < 1.29 is 8.83 Å². The van der Waals surface area contributed by atoms with E-state index in [1.807, 2.05) is 35.6 Å². The molecule has 0 unspecified atom stereocenters. The van der Waals surface area contributed by atoms with Gasteiger partial charge < -0.3 is 23.5 Å². The lowest BCUT2D eigenvalue weighted by Crippen LogP contribution is -2.16. The van der Waals surface area contributed by atoms with Crippen molar-refractivity contribution in [2.45, 2.75) is 38.5 Å². The van der Waals surface area contributed by atoms with Crippen LogP contribution in [-0.4, -0.2) is 0 Å². The van der Waals surface area contributed by atoms with Crippen LogP contribution in [0.5, 0.6) is 0 Å². The highest BCUT2D eigenvalue weighted by atomic mass is 32.1. The summed E-state index contributed by atoms with van der Waals surface area (Å²) >= 11 is 1.86. The molecule has 6 heteroatoms. The first-order valence-corrected chi connectivity index (χ1v) is 50.5. The highest BCUT2D eigenvalue weighted by molar-refractivity contribution is 7.25. The molecule has 0 aliphatic heterocycles. The van der Waals surface area contributed by atoms with Crippen molar-refractivity contribution in [1.82, 2.24) is 0 Å². The molecule has 0 fully saturated rings. The second-order valence-corrected chi connectivity index (χ2v) is 40.4. The van der Waals surface area contributed by atoms with E-state index >= 15 is 0 Å². The van der Waals surface area contributed by atoms with Gasteiger partial charge in [-0.25, -0.2) is 0 Å². The van der Waals surface area contributed by atoms with E-state index in [1.165, 1.54) is 163 Å². The summed E-state index contributed by atoms with van der Waals surface area (Å²) in [5, 5.41) is 22.2. The number of fused-ring (bicyclic) bond motifs is 24. The standard InChI is InChI=1S/2C47H33NO.C44H29NS/c1-47(2)43-19-7-5-15-38(43)39-26-25-35(29-44(39)47)48(34-24-23-31-22-21-30-11-3-4-14-36(30)42(31)28-34)33-13-9-12-32(27-33)37-17-10-18-41-40-16-6-8-20-45(40)49-46(37)41;1-47(2)43-13-7-5-11-38(43)39-25-24-36(29-44(39)47)48(35-23-19-32-16-15-31-9-3-4-10-37(31)41(32)28-35)34-21-17-30(18-22-34)33-20-26-46-42(27-33)40-12-6-8-14-45(40)49-46;1-2-10-31(11-3-1)38-14-6-8-16-42(38)45(36-26-22-33-19-18-32-12-4-5-13-37(32)40(33)29-36)35-24-20-30(21-25-35)34-23-27-44-41(28-34)39-15-7-9-17-43(39)46-44/h2*3-29H,1-2H3;1-29H. The summed E-state index contributed by atoms with van der Waals surface area (Å²) in [7, 11) is 0. The van der Waals surface area contributed by atoms with Gasteiger partial charge in [-0.2, -0.15) is 0 Å². The molecule has 0 spiro atoms. The van der Waals surface area contributed by atoms with Gasteiger partial charge in [0.05, 0.1) is 5.69 Å². The Kier molecular flexibility index (Phi) is 20.5. The molecule has 3 aromatic heterocycles. The average molecular weight is 1860 g/mol. The lowest BCUT2D eigenvalue weighted by atomic mass is 9.82. The van der Waals surface area contributed by atoms with Crippen molar-refractivity contribution in [2.24, 2.45) is 0 Å². The molecule has 0 radical (unpaired) electrons. The van der Waals surface area contributed by atoms with Gasteiger partial charge in [-0.1, -0.05) is 386 Å². The first kappa shape index (κ1) is 85.3. The minimum absolute atomic E-state index is 0.0903. The van der Waals surface area contributed by atoms with Crippen LogP contribution >= 0.6 is 11.3 Å². The summed E-state index contributed by atoms with van der Waals surface area (Å²) in [4.78, 5) is 7.24. The quantitative estimate of drug-likeness (QED) is 0.108. The largest absolute Gasteiger partial charge is 0.456 e. The Morgan fingerprint density at radius 1 is 0.174 bits per heavy atom. The first-order chi connectivity index (χ1) is 70.9. The zero-order valence-corrected chi connectivity index (χ0v) is 80.8. The molecule has 0 N–H and O–H groups in total. The Labute approximate surface area is 839 Å². The number of furan rings is 2. The van der Waals surface area contributed by atoms with Gasteiger partial charge in [0.15, 0.2) is 0 Å². The summed E-state index contributed by atoms with van der Waals surface area (Å²) in [6, 6.07) is 183. The molecule has 144 heavy (non-hydrogen) atoms. The molecule has 0 atom stereocenters. The van der Waals surface area contributed by atoms with Crippen LogP contribution in [0.1, 0.15) is 49.9 Å². The molecule has 5 nitrogen and oxygen atoms in total. The van der Waals surface area contributed by atoms with Crippen LogP contribution < -0.4 is 14.7 Å². The molecular weight excluding hydrogens is 1760 g/mol. The van der Waals surface area contributed by atoms with Gasteiger partial charge in [-0.15, -0.1) is 11.3 Å². The van der Waals surface area contributed by atoms with Gasteiger partial charge in [0.1, 0.15) is 22.3 Å². The molecule has 0 saturated carbocycles. The highest BCUT2D eigenvalue weighted by Gasteiger charge is 2.38. The third kappa shape index (κ3) is 14.6. The van der Waals surface area contributed by atoms with Crippen molar-refractivity contribution in [3.05, 3.63) is 526 Å². The number of hydrogen-bond donors (Lipinski definition) is 0. The van der Waals surface area contributed by atoms with Crippen LogP contribution in [0.2, 0.25) is 0 Å². The third-order valence-corrected chi connectivity index (χ3v) is 31.5. The van der Waals surface area contributed by atoms with Crippen molar-refractivity contribution in [3.63, 3.8) is 0 Å². The van der Waals surface area contributed by atoms with Gasteiger partial charge in [0, 0.05) is 109 Å². The van der Waals surface area contributed by atoms with E-state index in [-0.39, 0.29) is 10.8 Å². The van der Waals surface area contributed by atoms with Crippen LogP contribution in [0, 0.1) is 0 Å². The SMILES string of the molecule is CC1(C)c2ccccc2-c2ccc(N(c3ccc(-c4ccc5oc6ccccc6c5c4)cc3)c3ccc4ccc5ccccc5c4c3)cc21.CC1(C)c2ccccc2-c2ccc(N(c3cccc(-c4cccc5c4oc4ccccc45)c3)c3ccc4ccc5ccccc5c4c3)cc21.c1ccc(-c2ccccc2N(c2ccc(-c3ccc4sc5ccccc5c4c3)cc2)c2ccc3ccc4ccccc4c3c2)cc1. The number of benzene rings is 24. The fourth-order valence-corrected chi connectivity index (χ4v) is 24.2. The number of hydrogen-bond acceptors (Lipinski definition) is 6. The fourth-order valence-electron chi connectivity index (χ4n) is 23.1. The predicted octanol–water partition coefficient (Wildman–Crippen LogP) is 39.8. The summed E-state index contributed by atoms with van der Waals surface area (Å²) < 4.78 is 15.3. The average Bonchev–Trinajstić information content (AvgIpc) is 1.57. The molecular formula is C138H95N3O2S. The molecule has 29 rings (SSSR count). The molecule has 0 amide bonds. The second kappa shape index (κ2) is 34.5. The zero-order chi connectivity index (χ0) is 95.8. The first-order valence-electron chi connectivity index (χ1n) is 49.7. The maximum absolute atomic E-state index is 6.49. The van der Waals surface area contributed by atoms with E-state index in [1.54, 1.807) is 0 Å². The molecule has 680 valence electrons. The van der Waals surface area contributed by atoms with Crippen LogP contribution in [0.4, 0.5) is 51.2 Å². The molecule has 3 heterocycles. The molecule has 0 bridgehead atoms. The Bertz CT molecular complexity index is 9830. The van der Waals surface area contributed by atoms with Gasteiger partial charge >= 0.3 is 0 Å². The van der Waals surface area contributed by atoms with Crippen molar-refractivity contribution >= 4 is 191 Å². The van der Waals surface area contributed by atoms with Gasteiger partial charge in [-0.3, -0.25) is 0 Å². The lowest BCUT2D eigenvalue weighted by molar-refractivity contribution is 0.660. The third-order valence-electron chi connectivity index (χ3n) is 30.3. The lowest BCUT2D eigenvalue weighted by Gasteiger charge is -2.29. The number of thiophene rings is 1. The van der Waals surface area contributed by atoms with Gasteiger partial charge in [-0.05, 0) is 288 Å². The normalized spacial score (nSPS) is 12.7. The van der Waals surface area contributed by atoms with E-state index < -0.39 is 0 Å². The highest BCUT2D eigenvalue weighted by Crippen LogP contribution is 2.55. The van der Waals surface area contributed by atoms with E-state index in [9.17, 15) is 0 Å². The zero-order valence-electron chi connectivity index (χ0n) is 80.0. The number of rotatable bonds is 13. The van der Waals surface area contributed by atoms with Gasteiger partial charge in [0.2, 0.25) is 0 Å². The van der Waals surface area contributed by atoms with Crippen molar-refractivity contribution in [1.29, 1.82) is 0 Å². The monoisotopic (exact) mass is 1860 g/mol. The summed E-state index contributed by atoms with van der Waals surface area (Å²) in [6.45, 7) is 9.40. The van der Waals surface area contributed by atoms with Crippen LogP contribution in [0.3, 0.4) is 0 Å². The van der Waals surface area contributed by atoms with Crippen LogP contribution in [0.15, 0.2) is 512 Å². The topological polar surface area (TPSA) is 36.0 Å². The van der Waals surface area contributed by atoms with E-state index in [2.05, 4.69) is 522 Å². The predicted molar refractivity (Wildman–Crippen MR) is 613 cm³/mol. The molecule has 27 aromatic rings. The Morgan fingerprint density at radius 2 is 0.528 bits per heavy atom. The van der Waals surface area contributed by atoms with Crippen LogP contribution in [0.25, 0.3) is 195 Å². The Morgan fingerprint density at radius 3 is 1.10 bits per heavy atom. The maximum Gasteiger partial charge on any atom is 0.143 e. The fraction of sp³-hybridized carbons (Fsp3) is 0.0435. The van der Waals surface area contributed by atoms with E-state index in [0.717, 1.165) is 106 Å². The minimum atomic E-state index is -0.105. The Balaban J connectivity index is 0.000000108. The van der Waals surface area contributed by atoms with Crippen LogP contribution in [-0.2, 0) is 10.8 Å². The second-order valence-electron chi connectivity index (χ2n) is 39.3. The molecule has 2 aliphatic rings. The van der Waals surface area contributed by atoms with Crippen molar-refractivity contribution in [2.75, 3.05) is 14.7 Å². The molecule has 2 aliphatic carbocycles. The molecule has 24 aromatic carbocycles. The van der Waals surface area contributed by atoms with Gasteiger partial charge in [0.25, 0.3) is 0 Å². The van der Waals surface area contributed by atoms with E-state index in [4.69, 9.17) is 8.83 Å². The number of anilines is 9. The minimum Gasteiger partial charge on any atom is -0.456 e. The summed E-state index contributed by atoms with van der Waals surface area (Å²) in [5.74, 6) is 0. The Hall–Kier alpha value is -17.9. The number of para-hydroxylation sites is 4.